The lowest BCUT2D eigenvalue weighted by Crippen LogP contribution is -2.27. The highest BCUT2D eigenvalue weighted by Gasteiger charge is 2.26. The summed E-state index contributed by atoms with van der Waals surface area (Å²) in [5.74, 6) is 0.898. The number of rotatable bonds is 5. The molecule has 0 saturated heterocycles. The van der Waals surface area contributed by atoms with Crippen molar-refractivity contribution >= 4 is 21.6 Å². The molecule has 110 valence electrons. The van der Waals surface area contributed by atoms with Gasteiger partial charge in [0.2, 0.25) is 0 Å². The fraction of sp³-hybridized carbons (Fsp3) is 0.714. The number of halogens is 1. The van der Waals surface area contributed by atoms with Crippen LogP contribution in [0.5, 0.6) is 0 Å². The Kier molecular flexibility index (Phi) is 4.12. The lowest BCUT2D eigenvalue weighted by atomic mass is 10.1. The van der Waals surface area contributed by atoms with E-state index in [-0.39, 0.29) is 17.6 Å². The Balaban J connectivity index is 1.67. The van der Waals surface area contributed by atoms with Crippen LogP contribution in [0.4, 0.5) is 5.69 Å². The fourth-order valence-corrected chi connectivity index (χ4v) is 3.21. The summed E-state index contributed by atoms with van der Waals surface area (Å²) in [7, 11) is 0. The molecule has 1 aromatic heterocycles. The minimum Gasteiger partial charge on any atom is -0.393 e. The molecule has 6 heteroatoms. The van der Waals surface area contributed by atoms with Crippen molar-refractivity contribution in [2.45, 2.75) is 44.8 Å². The van der Waals surface area contributed by atoms with Crippen LogP contribution in [0.15, 0.2) is 15.5 Å². The molecule has 0 bridgehead atoms. The monoisotopic (exact) mass is 341 g/mol. The Bertz CT molecular complexity index is 542. The highest BCUT2D eigenvalue weighted by atomic mass is 79.9. The summed E-state index contributed by atoms with van der Waals surface area (Å²) in [5, 5.41) is 17.3. The van der Waals surface area contributed by atoms with Crippen molar-refractivity contribution in [3.05, 3.63) is 21.0 Å². The summed E-state index contributed by atoms with van der Waals surface area (Å²) in [5.41, 5.74) is 0.648. The second-order valence-electron chi connectivity index (χ2n) is 5.94. The van der Waals surface area contributed by atoms with Gasteiger partial charge in [0.25, 0.3) is 5.56 Å². The Morgan fingerprint density at radius 2 is 2.20 bits per heavy atom. The molecule has 2 unspecified atom stereocenters. The van der Waals surface area contributed by atoms with Gasteiger partial charge in [-0.25, -0.2) is 4.68 Å². The average molecular weight is 342 g/mol. The minimum atomic E-state index is -0.218. The molecule has 1 aromatic rings. The van der Waals surface area contributed by atoms with Crippen molar-refractivity contribution in [3.8, 4) is 0 Å². The van der Waals surface area contributed by atoms with Crippen LogP contribution in [-0.4, -0.2) is 27.5 Å². The van der Waals surface area contributed by atoms with Crippen molar-refractivity contribution in [1.82, 2.24) is 9.78 Å². The smallest absolute Gasteiger partial charge is 0.283 e. The van der Waals surface area contributed by atoms with Gasteiger partial charge in [0, 0.05) is 19.0 Å². The van der Waals surface area contributed by atoms with Gasteiger partial charge in [-0.15, -0.1) is 0 Å². The van der Waals surface area contributed by atoms with Crippen molar-refractivity contribution < 1.29 is 5.11 Å². The zero-order valence-corrected chi connectivity index (χ0v) is 13.0. The summed E-state index contributed by atoms with van der Waals surface area (Å²) in [6.45, 7) is 1.41. The van der Waals surface area contributed by atoms with Gasteiger partial charge >= 0.3 is 0 Å². The van der Waals surface area contributed by atoms with Crippen LogP contribution in [0.25, 0.3) is 0 Å². The molecule has 1 heterocycles. The number of hydrogen-bond donors (Lipinski definition) is 2. The normalized spacial score (nSPS) is 25.9. The second-order valence-corrected chi connectivity index (χ2v) is 6.74. The van der Waals surface area contributed by atoms with E-state index in [4.69, 9.17) is 0 Å². The predicted molar refractivity (Wildman–Crippen MR) is 80.8 cm³/mol. The Morgan fingerprint density at radius 1 is 1.40 bits per heavy atom. The van der Waals surface area contributed by atoms with Crippen molar-refractivity contribution in [1.29, 1.82) is 0 Å². The van der Waals surface area contributed by atoms with Crippen LogP contribution in [-0.2, 0) is 6.54 Å². The first-order valence-corrected chi connectivity index (χ1v) is 8.12. The maximum Gasteiger partial charge on any atom is 0.283 e. The number of aromatic nitrogens is 2. The number of anilines is 1. The van der Waals surface area contributed by atoms with Crippen LogP contribution in [0.2, 0.25) is 0 Å². The predicted octanol–water partition coefficient (Wildman–Crippen LogP) is 1.99. The third kappa shape index (κ3) is 3.06. The Labute approximate surface area is 126 Å². The molecule has 0 amide bonds. The summed E-state index contributed by atoms with van der Waals surface area (Å²) in [6, 6.07) is 0. The summed E-state index contributed by atoms with van der Waals surface area (Å²) >= 11 is 3.37. The highest BCUT2D eigenvalue weighted by molar-refractivity contribution is 9.10. The van der Waals surface area contributed by atoms with E-state index in [0.717, 1.165) is 31.5 Å². The molecule has 3 rings (SSSR count). The van der Waals surface area contributed by atoms with Crippen LogP contribution < -0.4 is 10.9 Å². The number of nitrogens with zero attached hydrogens (tertiary/aromatic N) is 2. The van der Waals surface area contributed by atoms with Crippen LogP contribution in [0.3, 0.4) is 0 Å². The third-order valence-corrected chi connectivity index (χ3v) is 5.05. The molecule has 2 aliphatic rings. The topological polar surface area (TPSA) is 67.2 Å². The summed E-state index contributed by atoms with van der Waals surface area (Å²) < 4.78 is 2.08. The quantitative estimate of drug-likeness (QED) is 0.859. The molecule has 5 nitrogen and oxygen atoms in total. The zero-order valence-electron chi connectivity index (χ0n) is 11.4. The number of hydrogen-bond acceptors (Lipinski definition) is 4. The largest absolute Gasteiger partial charge is 0.393 e. The molecule has 0 aliphatic heterocycles. The van der Waals surface area contributed by atoms with Crippen molar-refractivity contribution in [2.75, 3.05) is 11.9 Å². The van der Waals surface area contributed by atoms with Gasteiger partial charge in [-0.2, -0.15) is 5.10 Å². The molecule has 2 N–H and O–H groups in total. The number of aliphatic hydroxyl groups is 1. The first-order chi connectivity index (χ1) is 9.65. The first-order valence-electron chi connectivity index (χ1n) is 7.32. The molecule has 0 spiro atoms. The van der Waals surface area contributed by atoms with Gasteiger partial charge in [0.1, 0.15) is 4.47 Å². The first kappa shape index (κ1) is 14.1. The van der Waals surface area contributed by atoms with Crippen molar-refractivity contribution in [3.63, 3.8) is 0 Å². The molecule has 2 aliphatic carbocycles. The molecule has 2 fully saturated rings. The Hall–Kier alpha value is -0.880. The summed E-state index contributed by atoms with van der Waals surface area (Å²) in [4.78, 5) is 12.2. The number of nitrogens with one attached hydrogen (secondary N) is 1. The van der Waals surface area contributed by atoms with E-state index >= 15 is 0 Å². The highest BCUT2D eigenvalue weighted by Crippen LogP contribution is 2.30. The minimum absolute atomic E-state index is 0.0751. The van der Waals surface area contributed by atoms with Gasteiger partial charge in [-0.1, -0.05) is 6.42 Å². The lowest BCUT2D eigenvalue weighted by molar-refractivity contribution is 0.138. The van der Waals surface area contributed by atoms with Gasteiger partial charge in [-0.05, 0) is 47.5 Å². The maximum atomic E-state index is 12.2. The maximum absolute atomic E-state index is 12.2. The van der Waals surface area contributed by atoms with E-state index in [1.54, 1.807) is 6.20 Å². The van der Waals surface area contributed by atoms with E-state index in [2.05, 4.69) is 26.3 Å². The van der Waals surface area contributed by atoms with E-state index in [0.29, 0.717) is 16.9 Å². The van der Waals surface area contributed by atoms with E-state index in [1.165, 1.54) is 17.5 Å². The molecular formula is C14H20BrN3O2. The van der Waals surface area contributed by atoms with Gasteiger partial charge < -0.3 is 10.4 Å². The van der Waals surface area contributed by atoms with Gasteiger partial charge in [0.05, 0.1) is 18.0 Å². The van der Waals surface area contributed by atoms with Crippen LogP contribution >= 0.6 is 15.9 Å². The fourth-order valence-electron chi connectivity index (χ4n) is 2.76. The van der Waals surface area contributed by atoms with E-state index in [1.807, 2.05) is 0 Å². The second kappa shape index (κ2) is 5.85. The molecule has 2 saturated carbocycles. The number of aliphatic hydroxyl groups excluding tert-OH is 1. The molecule has 2 atom stereocenters. The standard InChI is InChI=1S/C14H20BrN3O2/c15-13-11(16-6-10-2-1-3-12(10)19)7-17-18(14(13)20)8-9-4-5-9/h7,9-10,12,16,19H,1-6,8H2. The van der Waals surface area contributed by atoms with Gasteiger partial charge in [0.15, 0.2) is 0 Å². The zero-order chi connectivity index (χ0) is 14.1. The van der Waals surface area contributed by atoms with Crippen LogP contribution in [0.1, 0.15) is 32.1 Å². The molecule has 20 heavy (non-hydrogen) atoms. The van der Waals surface area contributed by atoms with E-state index in [9.17, 15) is 9.90 Å². The molecular weight excluding hydrogens is 322 g/mol. The average Bonchev–Trinajstić information content (AvgIpc) is 3.16. The lowest BCUT2D eigenvalue weighted by Gasteiger charge is -2.16. The third-order valence-electron chi connectivity index (χ3n) is 4.29. The molecule has 0 radical (unpaired) electrons. The van der Waals surface area contributed by atoms with Crippen molar-refractivity contribution in [2.24, 2.45) is 11.8 Å². The van der Waals surface area contributed by atoms with Gasteiger partial charge in [-0.3, -0.25) is 4.79 Å². The van der Waals surface area contributed by atoms with E-state index < -0.39 is 0 Å². The molecule has 0 aromatic carbocycles. The Morgan fingerprint density at radius 3 is 2.85 bits per heavy atom. The SMILES string of the molecule is O=c1c(Br)c(NCC2CCCC2O)cnn1CC1CC1. The van der Waals surface area contributed by atoms with Crippen LogP contribution in [0, 0.1) is 11.8 Å². The summed E-state index contributed by atoms with van der Waals surface area (Å²) in [6.07, 6.45) is 6.89.